The van der Waals surface area contributed by atoms with Crippen LogP contribution < -0.4 is 4.74 Å². The molecule has 0 amide bonds. The Bertz CT molecular complexity index is 449. The van der Waals surface area contributed by atoms with E-state index in [0.717, 1.165) is 30.8 Å². The minimum Gasteiger partial charge on any atom is -0.490 e. The van der Waals surface area contributed by atoms with Crippen molar-refractivity contribution in [1.82, 2.24) is 0 Å². The van der Waals surface area contributed by atoms with Crippen molar-refractivity contribution in [2.75, 3.05) is 6.61 Å². The number of aliphatic hydroxyl groups is 1. The van der Waals surface area contributed by atoms with E-state index in [-0.39, 0.29) is 11.7 Å². The van der Waals surface area contributed by atoms with Crippen LogP contribution in [-0.4, -0.2) is 23.4 Å². The molecule has 20 heavy (non-hydrogen) atoms. The van der Waals surface area contributed by atoms with Crippen molar-refractivity contribution < 1.29 is 14.6 Å². The molecule has 0 aromatic heterocycles. The third-order valence-corrected chi connectivity index (χ3v) is 4.63. The molecule has 2 atom stereocenters. The number of hydrogen-bond acceptors (Lipinski definition) is 3. The lowest BCUT2D eigenvalue weighted by Gasteiger charge is -2.38. The van der Waals surface area contributed by atoms with Gasteiger partial charge < -0.3 is 14.6 Å². The first-order valence-corrected chi connectivity index (χ1v) is 7.76. The predicted molar refractivity (Wildman–Crippen MR) is 77.9 cm³/mol. The second-order valence-corrected chi connectivity index (χ2v) is 6.19. The summed E-state index contributed by atoms with van der Waals surface area (Å²) in [6.45, 7) is 2.58. The van der Waals surface area contributed by atoms with Gasteiger partial charge in [0, 0.05) is 18.4 Å². The summed E-state index contributed by atoms with van der Waals surface area (Å²) in [5.41, 5.74) is 0.947. The third kappa shape index (κ3) is 2.84. The molecule has 3 heteroatoms. The Morgan fingerprint density at radius 3 is 2.80 bits per heavy atom. The van der Waals surface area contributed by atoms with Gasteiger partial charge in [-0.2, -0.15) is 0 Å². The summed E-state index contributed by atoms with van der Waals surface area (Å²) in [4.78, 5) is 0. The van der Waals surface area contributed by atoms with Gasteiger partial charge in [0.25, 0.3) is 0 Å². The van der Waals surface area contributed by atoms with Gasteiger partial charge in [0.05, 0.1) is 18.3 Å². The van der Waals surface area contributed by atoms with Gasteiger partial charge in [0.15, 0.2) is 0 Å². The normalized spacial score (nSPS) is 26.6. The van der Waals surface area contributed by atoms with Crippen LogP contribution in [0.25, 0.3) is 0 Å². The molecular formula is C17H24O3. The van der Waals surface area contributed by atoms with Crippen molar-refractivity contribution in [3.05, 3.63) is 29.8 Å². The van der Waals surface area contributed by atoms with Gasteiger partial charge in [0.1, 0.15) is 11.9 Å². The Morgan fingerprint density at radius 1 is 1.30 bits per heavy atom. The average molecular weight is 276 g/mol. The molecule has 3 nitrogen and oxygen atoms in total. The summed E-state index contributed by atoms with van der Waals surface area (Å²) >= 11 is 0. The molecule has 1 unspecified atom stereocenters. The fraction of sp³-hybridized carbons (Fsp3) is 0.647. The quantitative estimate of drug-likeness (QED) is 0.916. The summed E-state index contributed by atoms with van der Waals surface area (Å²) in [7, 11) is 0. The van der Waals surface area contributed by atoms with Crippen molar-refractivity contribution >= 4 is 0 Å². The van der Waals surface area contributed by atoms with Crippen molar-refractivity contribution in [3.63, 3.8) is 0 Å². The third-order valence-electron chi connectivity index (χ3n) is 4.63. The zero-order valence-electron chi connectivity index (χ0n) is 12.2. The Labute approximate surface area is 120 Å². The number of rotatable bonds is 3. The summed E-state index contributed by atoms with van der Waals surface area (Å²) in [5.74, 6) is 0.822. The minimum atomic E-state index is -0.494. The molecule has 1 aliphatic heterocycles. The van der Waals surface area contributed by atoms with Crippen LogP contribution in [0.15, 0.2) is 24.3 Å². The molecule has 1 aromatic rings. The van der Waals surface area contributed by atoms with E-state index in [1.54, 1.807) is 6.92 Å². The van der Waals surface area contributed by atoms with Crippen molar-refractivity contribution in [2.45, 2.75) is 63.3 Å². The van der Waals surface area contributed by atoms with Crippen LogP contribution >= 0.6 is 0 Å². The van der Waals surface area contributed by atoms with Crippen molar-refractivity contribution in [1.29, 1.82) is 0 Å². The Balaban J connectivity index is 1.71. The van der Waals surface area contributed by atoms with E-state index in [1.165, 1.54) is 25.7 Å². The van der Waals surface area contributed by atoms with Crippen LogP contribution in [0.5, 0.6) is 5.75 Å². The molecule has 2 fully saturated rings. The maximum absolute atomic E-state index is 9.83. The van der Waals surface area contributed by atoms with Crippen LogP contribution in [0.2, 0.25) is 0 Å². The van der Waals surface area contributed by atoms with Crippen molar-refractivity contribution in [3.8, 4) is 5.75 Å². The topological polar surface area (TPSA) is 38.7 Å². The summed E-state index contributed by atoms with van der Waals surface area (Å²) in [5, 5.41) is 9.83. The Morgan fingerprint density at radius 2 is 2.05 bits per heavy atom. The minimum absolute atomic E-state index is 0.0721. The van der Waals surface area contributed by atoms with Crippen molar-refractivity contribution in [2.24, 2.45) is 0 Å². The molecule has 3 rings (SSSR count). The molecule has 1 aromatic carbocycles. The maximum atomic E-state index is 9.83. The molecule has 1 N–H and O–H groups in total. The highest BCUT2D eigenvalue weighted by Crippen LogP contribution is 2.41. The molecular weight excluding hydrogens is 252 g/mol. The van der Waals surface area contributed by atoms with E-state index >= 15 is 0 Å². The average Bonchev–Trinajstić information content (AvgIpc) is 2.87. The molecule has 1 saturated heterocycles. The first kappa shape index (κ1) is 13.9. The van der Waals surface area contributed by atoms with Gasteiger partial charge in [-0.25, -0.2) is 0 Å². The lowest BCUT2D eigenvalue weighted by Crippen LogP contribution is -2.41. The van der Waals surface area contributed by atoms with Crippen LogP contribution in [0.3, 0.4) is 0 Å². The maximum Gasteiger partial charge on any atom is 0.125 e. The zero-order chi connectivity index (χ0) is 14.0. The largest absolute Gasteiger partial charge is 0.490 e. The fourth-order valence-corrected chi connectivity index (χ4v) is 3.56. The number of para-hydroxylation sites is 1. The summed E-state index contributed by atoms with van der Waals surface area (Å²) in [6.07, 6.45) is 6.54. The number of ether oxygens (including phenoxy) is 2. The second-order valence-electron chi connectivity index (χ2n) is 6.19. The Hall–Kier alpha value is -1.06. The van der Waals surface area contributed by atoms with E-state index < -0.39 is 6.10 Å². The molecule has 2 aliphatic rings. The molecule has 0 radical (unpaired) electrons. The molecule has 1 heterocycles. The predicted octanol–water partition coefficient (Wildman–Crippen LogP) is 3.61. The van der Waals surface area contributed by atoms with Gasteiger partial charge in [-0.05, 0) is 25.8 Å². The lowest BCUT2D eigenvalue weighted by molar-refractivity contribution is -0.108. The molecule has 1 saturated carbocycles. The van der Waals surface area contributed by atoms with Crippen LogP contribution in [0.1, 0.15) is 57.1 Å². The van der Waals surface area contributed by atoms with E-state index in [9.17, 15) is 5.11 Å². The fourth-order valence-electron chi connectivity index (χ4n) is 3.56. The molecule has 1 aliphatic carbocycles. The molecule has 1 spiro atoms. The van der Waals surface area contributed by atoms with E-state index in [4.69, 9.17) is 9.47 Å². The van der Waals surface area contributed by atoms with E-state index in [0.29, 0.717) is 0 Å². The molecule has 0 bridgehead atoms. The standard InChI is InChI=1S/C17H24O3/c1-13(18)15-6-2-3-7-16(15)20-14-8-11-19-17(12-14)9-4-5-10-17/h2-3,6-7,13-14,18H,4-5,8-12H2,1H3/t13-,14?/m0/s1. The second kappa shape index (κ2) is 5.74. The van der Waals surface area contributed by atoms with Gasteiger partial charge in [-0.1, -0.05) is 31.0 Å². The van der Waals surface area contributed by atoms with Gasteiger partial charge in [0.2, 0.25) is 0 Å². The van der Waals surface area contributed by atoms with Crippen LogP contribution in [0.4, 0.5) is 0 Å². The van der Waals surface area contributed by atoms with E-state index in [1.807, 2.05) is 24.3 Å². The van der Waals surface area contributed by atoms with E-state index in [2.05, 4.69) is 0 Å². The number of hydrogen-bond donors (Lipinski definition) is 1. The highest BCUT2D eigenvalue weighted by Gasteiger charge is 2.40. The Kier molecular flexibility index (Phi) is 3.99. The first-order valence-electron chi connectivity index (χ1n) is 7.76. The van der Waals surface area contributed by atoms with Crippen LogP contribution in [-0.2, 0) is 4.74 Å². The zero-order valence-corrected chi connectivity index (χ0v) is 12.2. The SMILES string of the molecule is C[C@H](O)c1ccccc1OC1CCOC2(CCCC2)C1. The smallest absolute Gasteiger partial charge is 0.125 e. The van der Waals surface area contributed by atoms with Gasteiger partial charge in [-0.15, -0.1) is 0 Å². The monoisotopic (exact) mass is 276 g/mol. The number of benzene rings is 1. The summed E-state index contributed by atoms with van der Waals surface area (Å²) in [6, 6.07) is 7.80. The lowest BCUT2D eigenvalue weighted by atomic mass is 9.90. The summed E-state index contributed by atoms with van der Waals surface area (Å²) < 4.78 is 12.2. The number of aliphatic hydroxyl groups excluding tert-OH is 1. The van der Waals surface area contributed by atoms with Crippen LogP contribution in [0, 0.1) is 0 Å². The molecule has 110 valence electrons. The highest BCUT2D eigenvalue weighted by atomic mass is 16.5. The van der Waals surface area contributed by atoms with Gasteiger partial charge in [-0.3, -0.25) is 0 Å². The first-order chi connectivity index (χ1) is 9.69. The van der Waals surface area contributed by atoms with Gasteiger partial charge >= 0.3 is 0 Å². The highest BCUT2D eigenvalue weighted by molar-refractivity contribution is 5.35.